The Morgan fingerprint density at radius 3 is 2.35 bits per heavy atom. The molecule has 2 aromatic rings. The highest BCUT2D eigenvalue weighted by atomic mass is 79.9. The smallest absolute Gasteiger partial charge is 0.106 e. The van der Waals surface area contributed by atoms with Crippen LogP contribution in [0.25, 0.3) is 0 Å². The number of hydrogen-bond acceptors (Lipinski definition) is 2. The number of halogens is 2. The summed E-state index contributed by atoms with van der Waals surface area (Å²) >= 11 is 14.6. The van der Waals surface area contributed by atoms with Gasteiger partial charge in [-0.15, -0.1) is 0 Å². The monoisotopic (exact) mass is 368 g/mol. The second kappa shape index (κ2) is 6.12. The fourth-order valence-electron chi connectivity index (χ4n) is 2.08. The molecule has 0 atom stereocenters. The van der Waals surface area contributed by atoms with Gasteiger partial charge in [-0.1, -0.05) is 39.7 Å². The molecule has 5 heteroatoms. The average molecular weight is 370 g/mol. The van der Waals surface area contributed by atoms with Crippen LogP contribution in [0.4, 0.5) is 11.4 Å². The first-order valence-corrected chi connectivity index (χ1v) is 7.59. The zero-order valence-corrected chi connectivity index (χ0v) is 14.3. The number of anilines is 2. The summed E-state index contributed by atoms with van der Waals surface area (Å²) in [5, 5.41) is 4.02. The predicted octanol–water partition coefficient (Wildman–Crippen LogP) is 5.10. The minimum absolute atomic E-state index is 0.344. The highest BCUT2D eigenvalue weighted by Crippen LogP contribution is 2.30. The Hall–Kier alpha value is -1.10. The van der Waals surface area contributed by atoms with Crippen molar-refractivity contribution in [2.75, 3.05) is 5.32 Å². The van der Waals surface area contributed by atoms with E-state index in [4.69, 9.17) is 29.6 Å². The van der Waals surface area contributed by atoms with Gasteiger partial charge in [-0.2, -0.15) is 0 Å². The van der Waals surface area contributed by atoms with Crippen LogP contribution in [0.1, 0.15) is 16.7 Å². The van der Waals surface area contributed by atoms with Crippen molar-refractivity contribution in [2.24, 2.45) is 5.73 Å². The summed E-state index contributed by atoms with van der Waals surface area (Å²) in [4.78, 5) is 0.344. The molecule has 0 radical (unpaired) electrons. The second-order valence-electron chi connectivity index (χ2n) is 4.59. The molecule has 3 N–H and O–H groups in total. The standard InChI is InChI=1S/C15H14BrClN2S/c1-8-5-10(16)6-9(2)14(8)19-13-7-11(17)3-4-12(13)15(18)20/h3-7,19H,1-2H3,(H2,18,20). The normalized spacial score (nSPS) is 10.4. The molecule has 2 aromatic carbocycles. The molecule has 0 aliphatic carbocycles. The van der Waals surface area contributed by atoms with Gasteiger partial charge in [-0.3, -0.25) is 0 Å². The molecule has 0 heterocycles. The fraction of sp³-hybridized carbons (Fsp3) is 0.133. The highest BCUT2D eigenvalue weighted by molar-refractivity contribution is 9.10. The van der Waals surface area contributed by atoms with Gasteiger partial charge in [0.15, 0.2) is 0 Å². The quantitative estimate of drug-likeness (QED) is 0.739. The first-order chi connectivity index (χ1) is 9.38. The molecule has 2 nitrogen and oxygen atoms in total. The van der Waals surface area contributed by atoms with E-state index in [1.165, 1.54) is 0 Å². The van der Waals surface area contributed by atoms with E-state index in [1.807, 2.05) is 26.0 Å². The Bertz CT molecular complexity index is 663. The Kier molecular flexibility index (Phi) is 4.68. The van der Waals surface area contributed by atoms with Gasteiger partial charge in [0.05, 0.1) is 5.69 Å². The maximum atomic E-state index is 6.06. The summed E-state index contributed by atoms with van der Waals surface area (Å²) in [7, 11) is 0. The van der Waals surface area contributed by atoms with Crippen molar-refractivity contribution in [2.45, 2.75) is 13.8 Å². The zero-order valence-electron chi connectivity index (χ0n) is 11.1. The fourth-order valence-corrected chi connectivity index (χ4v) is 3.11. The topological polar surface area (TPSA) is 38.0 Å². The Labute approximate surface area is 137 Å². The summed E-state index contributed by atoms with van der Waals surface area (Å²) in [6, 6.07) is 9.55. The van der Waals surface area contributed by atoms with Crippen LogP contribution in [-0.4, -0.2) is 4.99 Å². The molecule has 0 aliphatic rings. The molecule has 104 valence electrons. The Morgan fingerprint density at radius 2 is 1.80 bits per heavy atom. The Morgan fingerprint density at radius 1 is 1.20 bits per heavy atom. The van der Waals surface area contributed by atoms with Crippen LogP contribution in [0.5, 0.6) is 0 Å². The third-order valence-electron chi connectivity index (χ3n) is 3.00. The number of aryl methyl sites for hydroxylation is 2. The van der Waals surface area contributed by atoms with Crippen molar-refractivity contribution in [3.8, 4) is 0 Å². The number of nitrogens with two attached hydrogens (primary N) is 1. The van der Waals surface area contributed by atoms with Crippen molar-refractivity contribution in [1.29, 1.82) is 0 Å². The first-order valence-electron chi connectivity index (χ1n) is 6.01. The zero-order chi connectivity index (χ0) is 14.9. The molecule has 2 rings (SSSR count). The predicted molar refractivity (Wildman–Crippen MR) is 94.2 cm³/mol. The van der Waals surface area contributed by atoms with Crippen LogP contribution in [0, 0.1) is 13.8 Å². The molecule has 0 saturated carbocycles. The summed E-state index contributed by atoms with van der Waals surface area (Å²) in [5.74, 6) is 0. The minimum Gasteiger partial charge on any atom is -0.389 e. The number of rotatable bonds is 3. The van der Waals surface area contributed by atoms with E-state index in [0.717, 1.165) is 32.5 Å². The van der Waals surface area contributed by atoms with Crippen LogP contribution in [0.2, 0.25) is 5.02 Å². The van der Waals surface area contributed by atoms with E-state index in [-0.39, 0.29) is 0 Å². The lowest BCUT2D eigenvalue weighted by atomic mass is 10.1. The molecule has 0 saturated heterocycles. The molecule has 0 amide bonds. The van der Waals surface area contributed by atoms with Crippen LogP contribution in [0.15, 0.2) is 34.8 Å². The number of hydrogen-bond donors (Lipinski definition) is 2. The summed E-state index contributed by atoms with van der Waals surface area (Å²) < 4.78 is 1.05. The van der Waals surface area contributed by atoms with Gasteiger partial charge in [0.25, 0.3) is 0 Å². The maximum Gasteiger partial charge on any atom is 0.106 e. The molecular formula is C15H14BrClN2S. The van der Waals surface area contributed by atoms with Gasteiger partial charge < -0.3 is 11.1 Å². The molecule has 0 bridgehead atoms. The SMILES string of the molecule is Cc1cc(Br)cc(C)c1Nc1cc(Cl)ccc1C(N)=S. The van der Waals surface area contributed by atoms with Crippen LogP contribution in [-0.2, 0) is 0 Å². The van der Waals surface area contributed by atoms with E-state index >= 15 is 0 Å². The summed E-state index contributed by atoms with van der Waals surface area (Å²) in [6.07, 6.45) is 0. The molecule has 0 unspecified atom stereocenters. The molecule has 20 heavy (non-hydrogen) atoms. The van der Waals surface area contributed by atoms with Crippen LogP contribution in [0.3, 0.4) is 0 Å². The molecule has 0 spiro atoms. The van der Waals surface area contributed by atoms with Gasteiger partial charge in [-0.25, -0.2) is 0 Å². The van der Waals surface area contributed by atoms with Crippen LogP contribution < -0.4 is 11.1 Å². The van der Waals surface area contributed by atoms with E-state index < -0.39 is 0 Å². The van der Waals surface area contributed by atoms with Gasteiger partial charge >= 0.3 is 0 Å². The summed E-state index contributed by atoms with van der Waals surface area (Å²) in [5.41, 5.74) is 10.7. The largest absolute Gasteiger partial charge is 0.389 e. The Balaban J connectivity index is 2.50. The second-order valence-corrected chi connectivity index (χ2v) is 6.39. The maximum absolute atomic E-state index is 6.06. The summed E-state index contributed by atoms with van der Waals surface area (Å²) in [6.45, 7) is 4.09. The van der Waals surface area contributed by atoms with Gasteiger partial charge in [0.1, 0.15) is 4.99 Å². The molecular weight excluding hydrogens is 356 g/mol. The number of benzene rings is 2. The minimum atomic E-state index is 0.344. The molecule has 0 aromatic heterocycles. The van der Waals surface area contributed by atoms with E-state index in [2.05, 4.69) is 33.4 Å². The van der Waals surface area contributed by atoms with E-state index in [0.29, 0.717) is 10.0 Å². The van der Waals surface area contributed by atoms with Crippen molar-refractivity contribution < 1.29 is 0 Å². The van der Waals surface area contributed by atoms with Crippen molar-refractivity contribution >= 4 is 56.1 Å². The van der Waals surface area contributed by atoms with Gasteiger partial charge in [-0.05, 0) is 55.3 Å². The number of nitrogens with one attached hydrogen (secondary N) is 1. The van der Waals surface area contributed by atoms with Crippen molar-refractivity contribution in [1.82, 2.24) is 0 Å². The highest BCUT2D eigenvalue weighted by Gasteiger charge is 2.10. The lowest BCUT2D eigenvalue weighted by molar-refractivity contribution is 1.34. The van der Waals surface area contributed by atoms with Crippen LogP contribution >= 0.6 is 39.7 Å². The van der Waals surface area contributed by atoms with E-state index in [9.17, 15) is 0 Å². The lowest BCUT2D eigenvalue weighted by Gasteiger charge is -2.16. The molecule has 0 fully saturated rings. The van der Waals surface area contributed by atoms with Crippen molar-refractivity contribution in [3.63, 3.8) is 0 Å². The molecule has 0 aliphatic heterocycles. The van der Waals surface area contributed by atoms with E-state index in [1.54, 1.807) is 6.07 Å². The first kappa shape index (κ1) is 15.3. The number of thiocarbonyl (C=S) groups is 1. The third-order valence-corrected chi connectivity index (χ3v) is 3.92. The van der Waals surface area contributed by atoms with Gasteiger partial charge in [0, 0.05) is 20.7 Å². The van der Waals surface area contributed by atoms with Crippen molar-refractivity contribution in [3.05, 3.63) is 56.5 Å². The third kappa shape index (κ3) is 3.32. The average Bonchev–Trinajstić information content (AvgIpc) is 2.33. The van der Waals surface area contributed by atoms with Gasteiger partial charge in [0.2, 0.25) is 0 Å². The lowest BCUT2D eigenvalue weighted by Crippen LogP contribution is -2.12.